The van der Waals surface area contributed by atoms with Gasteiger partial charge in [-0.05, 0) is 58.6 Å². The topological polar surface area (TPSA) is 55.8 Å². The van der Waals surface area contributed by atoms with E-state index < -0.39 is 22.2 Å². The van der Waals surface area contributed by atoms with E-state index in [0.717, 1.165) is 29.0 Å². The molecule has 148 valence electrons. The predicted octanol–water partition coefficient (Wildman–Crippen LogP) is 3.53. The normalized spacial score (nSPS) is 23.7. The summed E-state index contributed by atoms with van der Waals surface area (Å²) in [6.07, 6.45) is 4.22. The maximum Gasteiger partial charge on any atom is 0.170 e. The summed E-state index contributed by atoms with van der Waals surface area (Å²) in [6, 6.07) is 13.7. The lowest BCUT2D eigenvalue weighted by atomic mass is 9.77. The van der Waals surface area contributed by atoms with Crippen molar-refractivity contribution in [1.82, 2.24) is 0 Å². The van der Waals surface area contributed by atoms with Gasteiger partial charge in [0.15, 0.2) is 5.72 Å². The molecule has 0 aliphatic carbocycles. The molecule has 2 unspecified atom stereocenters. The number of hydrogen-bond donors (Lipinski definition) is 0. The van der Waals surface area contributed by atoms with Gasteiger partial charge in [0.2, 0.25) is 0 Å². The van der Waals surface area contributed by atoms with Crippen molar-refractivity contribution in [2.24, 2.45) is 0 Å². The smallest absolute Gasteiger partial charge is 0.170 e. The molecule has 1 fully saturated rings. The van der Waals surface area contributed by atoms with Crippen LogP contribution < -0.4 is 9.80 Å². The van der Waals surface area contributed by atoms with E-state index >= 15 is 0 Å². The molecule has 2 heterocycles. The molecule has 0 aromatic heterocycles. The van der Waals surface area contributed by atoms with Gasteiger partial charge in [-0.25, -0.2) is 0 Å². The minimum absolute atomic E-state index is 0.311. The van der Waals surface area contributed by atoms with Crippen molar-refractivity contribution in [3.8, 4) is 0 Å². The molecule has 2 atom stereocenters. The average Bonchev–Trinajstić information content (AvgIpc) is 3.17. The molecule has 0 saturated carbocycles. The second-order valence-corrected chi connectivity index (χ2v) is 9.00. The van der Waals surface area contributed by atoms with Crippen LogP contribution in [-0.4, -0.2) is 41.7 Å². The summed E-state index contributed by atoms with van der Waals surface area (Å²) in [7, 11) is 4.05. The van der Waals surface area contributed by atoms with Gasteiger partial charge in [0.25, 0.3) is 0 Å². The molecule has 2 aliphatic rings. The zero-order valence-corrected chi connectivity index (χ0v) is 17.5. The summed E-state index contributed by atoms with van der Waals surface area (Å²) in [5.74, 6) is 0. The number of rotatable bonds is 4. The minimum atomic E-state index is -2.25. The van der Waals surface area contributed by atoms with Crippen molar-refractivity contribution >= 4 is 28.5 Å². The van der Waals surface area contributed by atoms with Gasteiger partial charge >= 0.3 is 0 Å². The molecule has 0 radical (unpaired) electrons. The maximum absolute atomic E-state index is 11.5. The minimum Gasteiger partial charge on any atom is -0.768 e. The number of ether oxygens (including phenoxy) is 1. The molecule has 4 rings (SSSR count). The lowest BCUT2D eigenvalue weighted by Crippen LogP contribution is -2.51. The zero-order valence-electron chi connectivity index (χ0n) is 16.6. The molecule has 0 amide bonds. The van der Waals surface area contributed by atoms with Crippen LogP contribution in [-0.2, 0) is 21.2 Å². The molecule has 5 nitrogen and oxygen atoms in total. The van der Waals surface area contributed by atoms with E-state index in [1.54, 1.807) is 12.1 Å². The summed E-state index contributed by atoms with van der Waals surface area (Å²) in [4.78, 5) is 4.64. The van der Waals surface area contributed by atoms with Crippen LogP contribution in [0.2, 0.25) is 0 Å². The Morgan fingerprint density at radius 2 is 1.89 bits per heavy atom. The predicted molar refractivity (Wildman–Crippen MR) is 112 cm³/mol. The molecule has 2 aliphatic heterocycles. The highest BCUT2D eigenvalue weighted by Crippen LogP contribution is 2.55. The van der Waals surface area contributed by atoms with Crippen LogP contribution in [0, 0.1) is 0 Å². The number of benzene rings is 2. The molecule has 0 spiro atoms. The standard InChI is InChI=1S/C22H26N2O3S/c1-21(2)19-15-18(28(25)26)9-10-20(19)24-13-14-27-22(21,24)12-11-16-5-7-17(8-6-16)23(3)4/h5-12,15H,13-14H2,1-4H3,(H,25,26)/p-1. The third-order valence-electron chi connectivity index (χ3n) is 5.97. The third-order valence-corrected chi connectivity index (χ3v) is 6.61. The molecular weight excluding hydrogens is 372 g/mol. The van der Waals surface area contributed by atoms with Crippen molar-refractivity contribution in [3.63, 3.8) is 0 Å². The van der Waals surface area contributed by atoms with E-state index in [9.17, 15) is 8.76 Å². The first-order chi connectivity index (χ1) is 13.3. The first kappa shape index (κ1) is 19.2. The summed E-state index contributed by atoms with van der Waals surface area (Å²) >= 11 is -2.25. The highest BCUT2D eigenvalue weighted by atomic mass is 32.2. The molecule has 1 saturated heterocycles. The van der Waals surface area contributed by atoms with Gasteiger partial charge in [-0.15, -0.1) is 0 Å². The lowest BCUT2D eigenvalue weighted by Gasteiger charge is -2.39. The van der Waals surface area contributed by atoms with E-state index in [1.807, 2.05) is 20.2 Å². The van der Waals surface area contributed by atoms with Gasteiger partial charge < -0.3 is 19.1 Å². The quantitative estimate of drug-likeness (QED) is 0.739. The summed E-state index contributed by atoms with van der Waals surface area (Å²) in [6.45, 7) is 5.66. The highest BCUT2D eigenvalue weighted by Gasteiger charge is 2.59. The molecule has 2 aromatic rings. The number of nitrogens with zero attached hydrogens (tertiary/aromatic N) is 2. The Balaban J connectivity index is 1.74. The highest BCUT2D eigenvalue weighted by molar-refractivity contribution is 7.79. The molecule has 0 N–H and O–H groups in total. The first-order valence-corrected chi connectivity index (χ1v) is 10.5. The van der Waals surface area contributed by atoms with Crippen molar-refractivity contribution in [3.05, 3.63) is 59.7 Å². The van der Waals surface area contributed by atoms with Gasteiger partial charge in [0.1, 0.15) is 0 Å². The number of fused-ring (bicyclic) bond motifs is 3. The van der Waals surface area contributed by atoms with Crippen LogP contribution in [0.5, 0.6) is 0 Å². The second-order valence-electron chi connectivity index (χ2n) is 8.05. The Bertz CT molecular complexity index is 953. The fourth-order valence-electron chi connectivity index (χ4n) is 4.34. The Hall–Kier alpha value is -2.15. The molecule has 2 aromatic carbocycles. The van der Waals surface area contributed by atoms with Gasteiger partial charge in [-0.1, -0.05) is 32.1 Å². The van der Waals surface area contributed by atoms with Crippen molar-refractivity contribution < 1.29 is 13.5 Å². The first-order valence-electron chi connectivity index (χ1n) is 9.38. The van der Waals surface area contributed by atoms with E-state index in [1.165, 1.54) is 0 Å². The van der Waals surface area contributed by atoms with Gasteiger partial charge in [0.05, 0.1) is 6.61 Å². The van der Waals surface area contributed by atoms with E-state index in [4.69, 9.17) is 4.74 Å². The Morgan fingerprint density at radius 1 is 1.18 bits per heavy atom. The van der Waals surface area contributed by atoms with Gasteiger partial charge in [-0.3, -0.25) is 4.21 Å². The number of anilines is 2. The monoisotopic (exact) mass is 397 g/mol. The largest absolute Gasteiger partial charge is 0.768 e. The SMILES string of the molecule is CN(C)c1ccc(C=CC23OCCN2c2ccc(S(=O)[O-])cc2C3(C)C)cc1. The van der Waals surface area contributed by atoms with Crippen LogP contribution in [0.15, 0.2) is 53.4 Å². The van der Waals surface area contributed by atoms with Crippen LogP contribution in [0.25, 0.3) is 6.08 Å². The van der Waals surface area contributed by atoms with Gasteiger partial charge in [0, 0.05) is 42.3 Å². The van der Waals surface area contributed by atoms with Crippen molar-refractivity contribution in [2.45, 2.75) is 29.9 Å². The van der Waals surface area contributed by atoms with Crippen LogP contribution >= 0.6 is 0 Å². The van der Waals surface area contributed by atoms with Crippen LogP contribution in [0.3, 0.4) is 0 Å². The fraction of sp³-hybridized carbons (Fsp3) is 0.364. The lowest BCUT2D eigenvalue weighted by molar-refractivity contribution is 0.000293. The summed E-state index contributed by atoms with van der Waals surface area (Å²) in [5.41, 5.74) is 3.28. The average molecular weight is 398 g/mol. The van der Waals surface area contributed by atoms with E-state index in [0.29, 0.717) is 11.5 Å². The van der Waals surface area contributed by atoms with Crippen molar-refractivity contribution in [2.75, 3.05) is 37.0 Å². The van der Waals surface area contributed by atoms with Crippen LogP contribution in [0.4, 0.5) is 11.4 Å². The number of hydrogen-bond acceptors (Lipinski definition) is 5. The zero-order chi connectivity index (χ0) is 20.1. The van der Waals surface area contributed by atoms with Crippen molar-refractivity contribution in [1.29, 1.82) is 0 Å². The molecule has 6 heteroatoms. The Labute approximate surface area is 168 Å². The summed E-state index contributed by atoms with van der Waals surface area (Å²) < 4.78 is 29.2. The van der Waals surface area contributed by atoms with E-state index in [-0.39, 0.29) is 0 Å². The second kappa shape index (κ2) is 6.72. The molecule has 0 bridgehead atoms. The molecule has 28 heavy (non-hydrogen) atoms. The Morgan fingerprint density at radius 3 is 2.54 bits per heavy atom. The summed E-state index contributed by atoms with van der Waals surface area (Å²) in [5, 5.41) is 0. The van der Waals surface area contributed by atoms with Crippen LogP contribution in [0.1, 0.15) is 25.0 Å². The third kappa shape index (κ3) is 2.79. The fourth-order valence-corrected chi connectivity index (χ4v) is 4.73. The van der Waals surface area contributed by atoms with E-state index in [2.05, 4.69) is 60.1 Å². The molecular formula is C22H25N2O3S-. The maximum atomic E-state index is 11.5. The van der Waals surface area contributed by atoms with Gasteiger partial charge in [-0.2, -0.15) is 0 Å². The Kier molecular flexibility index (Phi) is 4.61.